The molecule has 5 aliphatic rings. The Bertz CT molecular complexity index is 1060. The Hall–Kier alpha value is -2.80. The minimum absolute atomic E-state index is 0.149. The van der Waals surface area contributed by atoms with Crippen LogP contribution in [-0.4, -0.2) is 132 Å². The Morgan fingerprint density at radius 3 is 2.65 bits per heavy atom. The summed E-state index contributed by atoms with van der Waals surface area (Å²) in [7, 11) is 0. The number of aliphatic hydroxyl groups is 1. The lowest BCUT2D eigenvalue weighted by Gasteiger charge is -2.38. The number of rotatable bonds is 5. The number of amides is 3. The highest BCUT2D eigenvalue weighted by atomic mass is 16.6. The molecule has 12 heteroatoms. The topological polar surface area (TPSA) is 138 Å². The standard InChI is InChI=1S/C28H40N4O8/c1-18(17-33)32-24-26(36)31(11-10-30-12-14-38-15-13-30)9-5-3-4-6-21(34)29-16-19(2)39-27(37)22-20-7-8-28(24,40-20)23(22)25(32)35/h3,5,7-8,18-20,22-24,33H,4,6,9-17H2,1-2H3,(H,29,34)/b5-3-/t18-,19+,20-,22+,23+,24-,28+/m1/s1. The van der Waals surface area contributed by atoms with E-state index in [4.69, 9.17) is 14.2 Å². The van der Waals surface area contributed by atoms with Crippen molar-refractivity contribution in [1.29, 1.82) is 0 Å². The van der Waals surface area contributed by atoms with Gasteiger partial charge < -0.3 is 34.4 Å². The summed E-state index contributed by atoms with van der Waals surface area (Å²) in [6.07, 6.45) is 6.68. The lowest BCUT2D eigenvalue weighted by molar-refractivity contribution is -0.159. The first-order chi connectivity index (χ1) is 19.3. The normalized spacial score (nSPS) is 36.9. The van der Waals surface area contributed by atoms with Crippen LogP contribution in [0.1, 0.15) is 26.7 Å². The van der Waals surface area contributed by atoms with E-state index in [1.807, 2.05) is 12.2 Å². The van der Waals surface area contributed by atoms with Crippen molar-refractivity contribution in [3.05, 3.63) is 24.3 Å². The van der Waals surface area contributed by atoms with Crippen LogP contribution in [0.15, 0.2) is 24.3 Å². The third kappa shape index (κ3) is 5.29. The Balaban J connectivity index is 1.50. The predicted octanol–water partition coefficient (Wildman–Crippen LogP) is -0.923. The zero-order chi connectivity index (χ0) is 28.4. The van der Waals surface area contributed by atoms with Crippen molar-refractivity contribution in [2.45, 2.75) is 56.6 Å². The summed E-state index contributed by atoms with van der Waals surface area (Å²) in [6, 6.07) is -1.70. The summed E-state index contributed by atoms with van der Waals surface area (Å²) >= 11 is 0. The van der Waals surface area contributed by atoms with Crippen LogP contribution in [0, 0.1) is 11.8 Å². The van der Waals surface area contributed by atoms with Crippen molar-refractivity contribution in [3.8, 4) is 0 Å². The number of cyclic esters (lactones) is 1. The second-order valence-electron chi connectivity index (χ2n) is 11.3. The molecule has 0 aromatic carbocycles. The van der Waals surface area contributed by atoms with Crippen LogP contribution >= 0.6 is 0 Å². The fourth-order valence-corrected chi connectivity index (χ4v) is 6.47. The summed E-state index contributed by atoms with van der Waals surface area (Å²) in [5.41, 5.74) is -1.34. The maximum absolute atomic E-state index is 14.4. The molecule has 5 rings (SSSR count). The van der Waals surface area contributed by atoms with E-state index >= 15 is 0 Å². The summed E-state index contributed by atoms with van der Waals surface area (Å²) in [4.78, 5) is 59.5. The average molecular weight is 561 g/mol. The molecule has 0 saturated carbocycles. The second kappa shape index (κ2) is 12.0. The van der Waals surface area contributed by atoms with Crippen molar-refractivity contribution in [2.24, 2.45) is 11.8 Å². The summed E-state index contributed by atoms with van der Waals surface area (Å²) < 4.78 is 17.5. The Labute approximate surface area is 234 Å². The van der Waals surface area contributed by atoms with Gasteiger partial charge in [0, 0.05) is 39.1 Å². The number of nitrogens with one attached hydrogen (secondary N) is 1. The van der Waals surface area contributed by atoms with Crippen LogP contribution in [0.25, 0.3) is 0 Å². The van der Waals surface area contributed by atoms with E-state index in [0.717, 1.165) is 13.1 Å². The Morgan fingerprint density at radius 2 is 1.90 bits per heavy atom. The van der Waals surface area contributed by atoms with Crippen LogP contribution in [0.5, 0.6) is 0 Å². The minimum Gasteiger partial charge on any atom is -0.460 e. The second-order valence-corrected chi connectivity index (χ2v) is 11.3. The Kier molecular flexibility index (Phi) is 8.60. The molecule has 5 bridgehead atoms. The highest BCUT2D eigenvalue weighted by Crippen LogP contribution is 2.56. The van der Waals surface area contributed by atoms with Crippen molar-refractivity contribution < 1.29 is 38.5 Å². The molecule has 1 spiro atoms. The van der Waals surface area contributed by atoms with Crippen LogP contribution < -0.4 is 5.32 Å². The van der Waals surface area contributed by atoms with Crippen LogP contribution in [0.3, 0.4) is 0 Å². The molecule has 12 nitrogen and oxygen atoms in total. The molecule has 3 amide bonds. The maximum Gasteiger partial charge on any atom is 0.313 e. The first-order valence-corrected chi connectivity index (χ1v) is 14.3. The largest absolute Gasteiger partial charge is 0.460 e. The zero-order valence-electron chi connectivity index (χ0n) is 23.2. The number of hydrogen-bond acceptors (Lipinski definition) is 9. The van der Waals surface area contributed by atoms with Crippen LogP contribution in [-0.2, 0) is 33.4 Å². The average Bonchev–Trinajstić information content (AvgIpc) is 3.60. The highest BCUT2D eigenvalue weighted by Gasteiger charge is 2.74. The van der Waals surface area contributed by atoms with Crippen molar-refractivity contribution in [2.75, 3.05) is 59.1 Å². The van der Waals surface area contributed by atoms with Crippen molar-refractivity contribution in [3.63, 3.8) is 0 Å². The minimum atomic E-state index is -1.34. The molecule has 3 saturated heterocycles. The van der Waals surface area contributed by atoms with Gasteiger partial charge in [0.25, 0.3) is 0 Å². The first-order valence-electron chi connectivity index (χ1n) is 14.3. The predicted molar refractivity (Wildman–Crippen MR) is 142 cm³/mol. The molecule has 0 radical (unpaired) electrons. The summed E-state index contributed by atoms with van der Waals surface area (Å²) in [6.45, 7) is 7.31. The smallest absolute Gasteiger partial charge is 0.313 e. The van der Waals surface area contributed by atoms with Gasteiger partial charge in [0.15, 0.2) is 0 Å². The summed E-state index contributed by atoms with van der Waals surface area (Å²) in [5.74, 6) is -3.35. The molecular formula is C28H40N4O8. The molecule has 7 atom stereocenters. The van der Waals surface area contributed by atoms with Crippen molar-refractivity contribution in [1.82, 2.24) is 20.0 Å². The molecule has 40 heavy (non-hydrogen) atoms. The molecule has 5 heterocycles. The lowest BCUT2D eigenvalue weighted by Crippen LogP contribution is -2.58. The molecule has 0 aromatic heterocycles. The molecule has 0 aromatic rings. The van der Waals surface area contributed by atoms with Gasteiger partial charge in [-0.2, -0.15) is 0 Å². The number of carbonyl (C=O) groups excluding carboxylic acids is 4. The van der Waals surface area contributed by atoms with Gasteiger partial charge in [-0.15, -0.1) is 0 Å². The number of fused-ring (bicyclic) bond motifs is 2. The number of allylic oxidation sites excluding steroid dienone is 1. The fourth-order valence-electron chi connectivity index (χ4n) is 6.47. The first kappa shape index (κ1) is 28.7. The van der Waals surface area contributed by atoms with E-state index in [-0.39, 0.29) is 37.9 Å². The van der Waals surface area contributed by atoms with Gasteiger partial charge in [0.1, 0.15) is 23.7 Å². The number of nitrogens with zero attached hydrogens (tertiary/aromatic N) is 3. The van der Waals surface area contributed by atoms with Gasteiger partial charge in [-0.1, -0.05) is 24.3 Å². The van der Waals surface area contributed by atoms with Gasteiger partial charge >= 0.3 is 5.97 Å². The van der Waals surface area contributed by atoms with Gasteiger partial charge in [0.05, 0.1) is 44.4 Å². The third-order valence-electron chi connectivity index (χ3n) is 8.59. The van der Waals surface area contributed by atoms with Crippen LogP contribution in [0.2, 0.25) is 0 Å². The van der Waals surface area contributed by atoms with Gasteiger partial charge in [0.2, 0.25) is 17.7 Å². The van der Waals surface area contributed by atoms with E-state index < -0.39 is 53.6 Å². The monoisotopic (exact) mass is 560 g/mol. The van der Waals surface area contributed by atoms with Crippen LogP contribution in [0.4, 0.5) is 0 Å². The SMILES string of the molecule is C[C@H](CO)N1C(=O)[C@@H]2[C@H]3C(=O)O[C@@H](C)CNC(=O)CC/C=C\CN(CCN4CCOCC4)C(=O)[C@@H]1[C@]21C=C[C@H]3O1. The molecule has 5 aliphatic heterocycles. The highest BCUT2D eigenvalue weighted by molar-refractivity contribution is 5.99. The molecule has 220 valence electrons. The van der Waals surface area contributed by atoms with Gasteiger partial charge in [-0.3, -0.25) is 24.1 Å². The molecule has 2 N–H and O–H groups in total. The number of ether oxygens (including phenoxy) is 3. The third-order valence-corrected chi connectivity index (χ3v) is 8.59. The van der Waals surface area contributed by atoms with E-state index in [0.29, 0.717) is 32.7 Å². The number of esters is 1. The Morgan fingerprint density at radius 1 is 1.12 bits per heavy atom. The fraction of sp³-hybridized carbons (Fsp3) is 0.714. The maximum atomic E-state index is 14.4. The number of hydrogen-bond donors (Lipinski definition) is 2. The molecule has 3 fully saturated rings. The number of aliphatic hydroxyl groups excluding tert-OH is 1. The lowest BCUT2D eigenvalue weighted by atomic mass is 9.74. The number of carbonyl (C=O) groups is 4. The van der Waals surface area contributed by atoms with E-state index in [1.54, 1.807) is 30.9 Å². The van der Waals surface area contributed by atoms with E-state index in [9.17, 15) is 24.3 Å². The van der Waals surface area contributed by atoms with Crippen molar-refractivity contribution >= 4 is 23.7 Å². The molecule has 0 unspecified atom stereocenters. The summed E-state index contributed by atoms with van der Waals surface area (Å²) in [5, 5.41) is 12.9. The number of likely N-dealkylation sites (tertiary alicyclic amines) is 1. The quantitative estimate of drug-likeness (QED) is 0.323. The van der Waals surface area contributed by atoms with Gasteiger partial charge in [-0.25, -0.2) is 0 Å². The van der Waals surface area contributed by atoms with E-state index in [1.165, 1.54) is 4.90 Å². The molecule has 0 aliphatic carbocycles. The number of morpholine rings is 1. The molecular weight excluding hydrogens is 520 g/mol. The van der Waals surface area contributed by atoms with E-state index in [2.05, 4.69) is 10.2 Å². The van der Waals surface area contributed by atoms with Gasteiger partial charge in [-0.05, 0) is 20.3 Å². The zero-order valence-corrected chi connectivity index (χ0v) is 23.2.